The maximum atomic E-state index is 12.5. The number of aliphatic hydroxyl groups excluding tert-OH is 1. The van der Waals surface area contributed by atoms with Gasteiger partial charge in [-0.3, -0.25) is 4.79 Å². The Bertz CT molecular complexity index is 706. The highest BCUT2D eigenvalue weighted by Gasteiger charge is 2.30. The second kappa shape index (κ2) is 4.20. The summed E-state index contributed by atoms with van der Waals surface area (Å²) < 4.78 is 5.98. The third kappa shape index (κ3) is 1.98. The van der Waals surface area contributed by atoms with Crippen LogP contribution in [0.4, 0.5) is 0 Å². The van der Waals surface area contributed by atoms with E-state index in [-0.39, 0.29) is 5.43 Å². The van der Waals surface area contributed by atoms with Gasteiger partial charge in [-0.2, -0.15) is 0 Å². The molecule has 3 heteroatoms. The van der Waals surface area contributed by atoms with E-state index >= 15 is 0 Å². The van der Waals surface area contributed by atoms with Gasteiger partial charge < -0.3 is 9.52 Å². The first-order valence-electron chi connectivity index (χ1n) is 6.75. The highest BCUT2D eigenvalue weighted by Crippen LogP contribution is 2.42. The quantitative estimate of drug-likeness (QED) is 0.898. The molecule has 0 amide bonds. The van der Waals surface area contributed by atoms with Crippen molar-refractivity contribution in [3.05, 3.63) is 44.8 Å². The van der Waals surface area contributed by atoms with Crippen LogP contribution in [-0.4, -0.2) is 5.11 Å². The van der Waals surface area contributed by atoms with Crippen molar-refractivity contribution in [2.45, 2.75) is 45.6 Å². The first-order chi connectivity index (χ1) is 8.99. The highest BCUT2D eigenvalue weighted by atomic mass is 16.3. The molecule has 1 heterocycles. The van der Waals surface area contributed by atoms with Crippen LogP contribution in [0.3, 0.4) is 0 Å². The molecule has 0 bridgehead atoms. The van der Waals surface area contributed by atoms with Crippen molar-refractivity contribution in [2.75, 3.05) is 0 Å². The molecular formula is C16H18O3. The van der Waals surface area contributed by atoms with Gasteiger partial charge >= 0.3 is 0 Å². The number of benzene rings is 1. The molecule has 1 aromatic heterocycles. The van der Waals surface area contributed by atoms with Gasteiger partial charge in [-0.1, -0.05) is 0 Å². The van der Waals surface area contributed by atoms with Crippen LogP contribution >= 0.6 is 0 Å². The van der Waals surface area contributed by atoms with Crippen LogP contribution in [-0.2, 0) is 0 Å². The molecule has 1 aliphatic rings. The van der Waals surface area contributed by atoms with Gasteiger partial charge in [0.05, 0.1) is 11.5 Å². The molecule has 0 radical (unpaired) electrons. The molecule has 1 saturated carbocycles. The summed E-state index contributed by atoms with van der Waals surface area (Å²) >= 11 is 0. The summed E-state index contributed by atoms with van der Waals surface area (Å²) in [6, 6.07) is 3.73. The number of fused-ring (bicyclic) bond motifs is 1. The summed E-state index contributed by atoms with van der Waals surface area (Å²) in [5.74, 6) is 1.20. The second-order valence-corrected chi connectivity index (χ2v) is 5.60. The SMILES string of the molecule is Cc1cc(C(C)O)c2oc(C3CC3)c(C)c(=O)c2c1. The van der Waals surface area contributed by atoms with Gasteiger partial charge in [0, 0.05) is 17.0 Å². The van der Waals surface area contributed by atoms with Crippen molar-refractivity contribution in [2.24, 2.45) is 0 Å². The van der Waals surface area contributed by atoms with E-state index in [1.54, 1.807) is 6.92 Å². The van der Waals surface area contributed by atoms with Gasteiger partial charge in [-0.05, 0) is 51.3 Å². The Labute approximate surface area is 111 Å². The lowest BCUT2D eigenvalue weighted by molar-refractivity contribution is 0.199. The van der Waals surface area contributed by atoms with Gasteiger partial charge in [0.15, 0.2) is 5.43 Å². The third-order valence-corrected chi connectivity index (χ3v) is 3.83. The van der Waals surface area contributed by atoms with E-state index in [0.717, 1.165) is 29.7 Å². The summed E-state index contributed by atoms with van der Waals surface area (Å²) in [6.45, 7) is 5.46. The average Bonchev–Trinajstić information content (AvgIpc) is 3.17. The topological polar surface area (TPSA) is 50.4 Å². The smallest absolute Gasteiger partial charge is 0.195 e. The van der Waals surface area contributed by atoms with Crippen molar-refractivity contribution in [1.82, 2.24) is 0 Å². The molecule has 1 atom stereocenters. The Hall–Kier alpha value is -1.61. The Morgan fingerprint density at radius 2 is 2.00 bits per heavy atom. The van der Waals surface area contributed by atoms with E-state index in [4.69, 9.17) is 4.42 Å². The van der Waals surface area contributed by atoms with Crippen LogP contribution < -0.4 is 5.43 Å². The van der Waals surface area contributed by atoms with Gasteiger partial charge in [-0.25, -0.2) is 0 Å². The van der Waals surface area contributed by atoms with E-state index in [0.29, 0.717) is 22.5 Å². The lowest BCUT2D eigenvalue weighted by atomic mass is 10.0. The molecule has 3 nitrogen and oxygen atoms in total. The molecule has 19 heavy (non-hydrogen) atoms. The summed E-state index contributed by atoms with van der Waals surface area (Å²) in [6.07, 6.45) is 1.54. The molecule has 100 valence electrons. The maximum Gasteiger partial charge on any atom is 0.195 e. The van der Waals surface area contributed by atoms with Crippen LogP contribution in [0.25, 0.3) is 11.0 Å². The first-order valence-corrected chi connectivity index (χ1v) is 6.75. The average molecular weight is 258 g/mol. The minimum absolute atomic E-state index is 0.0359. The molecule has 1 aromatic carbocycles. The zero-order valence-corrected chi connectivity index (χ0v) is 11.5. The predicted molar refractivity (Wildman–Crippen MR) is 74.6 cm³/mol. The Morgan fingerprint density at radius 1 is 1.32 bits per heavy atom. The Kier molecular flexibility index (Phi) is 2.75. The van der Waals surface area contributed by atoms with Crippen LogP contribution in [0, 0.1) is 13.8 Å². The zero-order valence-electron chi connectivity index (χ0n) is 11.5. The van der Waals surface area contributed by atoms with Crippen molar-refractivity contribution in [3.8, 4) is 0 Å². The van der Waals surface area contributed by atoms with E-state index in [1.807, 2.05) is 26.0 Å². The highest BCUT2D eigenvalue weighted by molar-refractivity contribution is 5.82. The number of hydrogen-bond donors (Lipinski definition) is 1. The standard InChI is InChI=1S/C16H18O3/c1-8-6-12(10(3)17)16-13(7-8)14(18)9(2)15(19-16)11-4-5-11/h6-7,10-11,17H,4-5H2,1-3H3. The fourth-order valence-corrected chi connectivity index (χ4v) is 2.63. The summed E-state index contributed by atoms with van der Waals surface area (Å²) in [7, 11) is 0. The first kappa shape index (κ1) is 12.4. The summed E-state index contributed by atoms with van der Waals surface area (Å²) in [4.78, 5) is 12.5. The number of hydrogen-bond acceptors (Lipinski definition) is 3. The van der Waals surface area contributed by atoms with E-state index in [1.165, 1.54) is 0 Å². The molecule has 0 saturated heterocycles. The predicted octanol–water partition coefficient (Wildman–Crippen LogP) is 3.34. The Balaban J connectivity index is 2.41. The van der Waals surface area contributed by atoms with E-state index in [2.05, 4.69) is 0 Å². The normalized spacial score (nSPS) is 16.8. The fourth-order valence-electron chi connectivity index (χ4n) is 2.63. The van der Waals surface area contributed by atoms with Crippen LogP contribution in [0.5, 0.6) is 0 Å². The lowest BCUT2D eigenvalue weighted by Gasteiger charge is -2.12. The van der Waals surface area contributed by atoms with Crippen LogP contribution in [0.1, 0.15) is 54.2 Å². The number of aliphatic hydroxyl groups is 1. The molecule has 3 rings (SSSR count). The maximum absolute atomic E-state index is 12.5. The monoisotopic (exact) mass is 258 g/mol. The minimum Gasteiger partial charge on any atom is -0.460 e. The van der Waals surface area contributed by atoms with Gasteiger partial charge in [-0.15, -0.1) is 0 Å². The third-order valence-electron chi connectivity index (χ3n) is 3.83. The van der Waals surface area contributed by atoms with Gasteiger partial charge in [0.1, 0.15) is 11.3 Å². The largest absolute Gasteiger partial charge is 0.460 e. The molecule has 2 aromatic rings. The molecule has 1 N–H and O–H groups in total. The van der Waals surface area contributed by atoms with Gasteiger partial charge in [0.2, 0.25) is 0 Å². The fraction of sp³-hybridized carbons (Fsp3) is 0.438. The van der Waals surface area contributed by atoms with Crippen molar-refractivity contribution in [3.63, 3.8) is 0 Å². The van der Waals surface area contributed by atoms with Crippen molar-refractivity contribution < 1.29 is 9.52 Å². The summed E-state index contributed by atoms with van der Waals surface area (Å²) in [5, 5.41) is 10.5. The zero-order chi connectivity index (χ0) is 13.7. The molecule has 1 unspecified atom stereocenters. The Morgan fingerprint density at radius 3 is 2.58 bits per heavy atom. The molecular weight excluding hydrogens is 240 g/mol. The van der Waals surface area contributed by atoms with Crippen molar-refractivity contribution >= 4 is 11.0 Å². The molecule has 0 spiro atoms. The number of aryl methyl sites for hydroxylation is 1. The van der Waals surface area contributed by atoms with Crippen LogP contribution in [0.2, 0.25) is 0 Å². The molecule has 1 fully saturated rings. The van der Waals surface area contributed by atoms with Crippen LogP contribution in [0.15, 0.2) is 21.3 Å². The molecule has 1 aliphatic carbocycles. The van der Waals surface area contributed by atoms with E-state index < -0.39 is 6.10 Å². The summed E-state index contributed by atoms with van der Waals surface area (Å²) in [5.41, 5.74) is 2.98. The van der Waals surface area contributed by atoms with Gasteiger partial charge in [0.25, 0.3) is 0 Å². The van der Waals surface area contributed by atoms with E-state index in [9.17, 15) is 9.90 Å². The molecule has 0 aliphatic heterocycles. The lowest BCUT2D eigenvalue weighted by Crippen LogP contribution is -2.10. The number of rotatable bonds is 2. The second-order valence-electron chi connectivity index (χ2n) is 5.60. The minimum atomic E-state index is -0.639. The van der Waals surface area contributed by atoms with Crippen molar-refractivity contribution in [1.29, 1.82) is 0 Å².